The molecule has 1 aromatic heterocycles. The third kappa shape index (κ3) is 2.60. The minimum absolute atomic E-state index is 0.302. The van der Waals surface area contributed by atoms with Crippen LogP contribution in [-0.4, -0.2) is 12.1 Å². The molecule has 1 heterocycles. The van der Waals surface area contributed by atoms with Gasteiger partial charge in [0.15, 0.2) is 0 Å². The predicted octanol–water partition coefficient (Wildman–Crippen LogP) is 5.07. The zero-order chi connectivity index (χ0) is 15.7. The maximum absolute atomic E-state index is 14.0. The van der Waals surface area contributed by atoms with Crippen LogP contribution in [0, 0.1) is 18.6 Å². The quantitative estimate of drug-likeness (QED) is 0.672. The molecule has 0 amide bonds. The van der Waals surface area contributed by atoms with Crippen LogP contribution in [0.4, 0.5) is 8.78 Å². The average molecular weight is 317 g/mol. The van der Waals surface area contributed by atoms with Crippen LogP contribution in [0.5, 0.6) is 5.75 Å². The molecule has 0 saturated heterocycles. The summed E-state index contributed by atoms with van der Waals surface area (Å²) in [5, 5.41) is 0.744. The Labute approximate surface area is 131 Å². The van der Waals surface area contributed by atoms with Crippen molar-refractivity contribution in [1.29, 1.82) is 0 Å². The highest BCUT2D eigenvalue weighted by Crippen LogP contribution is 2.37. The normalized spacial score (nSPS) is 10.7. The van der Waals surface area contributed by atoms with Crippen molar-refractivity contribution in [2.75, 3.05) is 7.11 Å². The Balaban J connectivity index is 2.11. The highest BCUT2D eigenvalue weighted by atomic mass is 32.1. The monoisotopic (exact) mass is 317 g/mol. The molecule has 2 nitrogen and oxygen atoms in total. The standard InChI is InChI=1S/C17H13F2NOS/c1-10-16(12-8-7-11(18)9-14(12)19)20-17(22-10)13-5-3-4-6-15(13)21-2/h3-9H,1-2H3. The first kappa shape index (κ1) is 14.7. The van der Waals surface area contributed by atoms with Gasteiger partial charge in [-0.3, -0.25) is 0 Å². The molecule has 0 aliphatic carbocycles. The van der Waals surface area contributed by atoms with Crippen molar-refractivity contribution >= 4 is 11.3 Å². The molecule has 0 fully saturated rings. The molecule has 22 heavy (non-hydrogen) atoms. The number of para-hydroxylation sites is 1. The van der Waals surface area contributed by atoms with Gasteiger partial charge in [0.2, 0.25) is 0 Å². The molecule has 0 atom stereocenters. The van der Waals surface area contributed by atoms with Crippen LogP contribution < -0.4 is 4.74 Å². The van der Waals surface area contributed by atoms with E-state index in [-0.39, 0.29) is 0 Å². The minimum atomic E-state index is -0.611. The van der Waals surface area contributed by atoms with Crippen molar-refractivity contribution in [1.82, 2.24) is 4.98 Å². The molecule has 0 aliphatic rings. The van der Waals surface area contributed by atoms with E-state index in [1.165, 1.54) is 23.5 Å². The van der Waals surface area contributed by atoms with E-state index in [9.17, 15) is 8.78 Å². The van der Waals surface area contributed by atoms with Crippen LogP contribution in [0.3, 0.4) is 0 Å². The van der Waals surface area contributed by atoms with E-state index in [0.717, 1.165) is 21.5 Å². The molecule has 3 aromatic rings. The molecule has 3 rings (SSSR count). The summed E-state index contributed by atoms with van der Waals surface area (Å²) in [6.07, 6.45) is 0. The molecule has 5 heteroatoms. The third-order valence-electron chi connectivity index (χ3n) is 3.32. The first-order valence-corrected chi connectivity index (χ1v) is 7.48. The molecule has 0 unspecified atom stereocenters. The second-order valence-corrected chi connectivity index (χ2v) is 5.95. The Morgan fingerprint density at radius 2 is 1.82 bits per heavy atom. The smallest absolute Gasteiger partial charge is 0.135 e. The molecule has 0 radical (unpaired) electrons. The number of nitrogens with zero attached hydrogens (tertiary/aromatic N) is 1. The van der Waals surface area contributed by atoms with Gasteiger partial charge in [-0.15, -0.1) is 11.3 Å². The second kappa shape index (κ2) is 5.85. The molecule has 0 N–H and O–H groups in total. The summed E-state index contributed by atoms with van der Waals surface area (Å²) in [5.41, 5.74) is 1.69. The lowest BCUT2D eigenvalue weighted by Crippen LogP contribution is -1.89. The van der Waals surface area contributed by atoms with Gasteiger partial charge in [-0.1, -0.05) is 12.1 Å². The van der Waals surface area contributed by atoms with Crippen molar-refractivity contribution in [3.8, 4) is 27.6 Å². The SMILES string of the molecule is COc1ccccc1-c1nc(-c2ccc(F)cc2F)c(C)s1. The Morgan fingerprint density at radius 3 is 2.55 bits per heavy atom. The molecule has 0 spiro atoms. The van der Waals surface area contributed by atoms with Gasteiger partial charge in [0.1, 0.15) is 22.4 Å². The van der Waals surface area contributed by atoms with Crippen LogP contribution in [-0.2, 0) is 0 Å². The molecule has 2 aromatic carbocycles. The van der Waals surface area contributed by atoms with Gasteiger partial charge in [0.05, 0.1) is 18.4 Å². The largest absolute Gasteiger partial charge is 0.496 e. The van der Waals surface area contributed by atoms with Gasteiger partial charge >= 0.3 is 0 Å². The number of methoxy groups -OCH3 is 1. The number of hydrogen-bond donors (Lipinski definition) is 0. The number of aryl methyl sites for hydroxylation is 1. The Hall–Kier alpha value is -2.27. The zero-order valence-electron chi connectivity index (χ0n) is 12.1. The van der Waals surface area contributed by atoms with Crippen LogP contribution in [0.15, 0.2) is 42.5 Å². The fourth-order valence-corrected chi connectivity index (χ4v) is 3.22. The fraction of sp³-hybridized carbons (Fsp3) is 0.118. The molecular weight excluding hydrogens is 304 g/mol. The lowest BCUT2D eigenvalue weighted by atomic mass is 10.1. The Bertz CT molecular complexity index is 829. The number of rotatable bonds is 3. The van der Waals surface area contributed by atoms with Crippen molar-refractivity contribution in [2.45, 2.75) is 6.92 Å². The fourth-order valence-electron chi connectivity index (χ4n) is 2.26. The number of hydrogen-bond acceptors (Lipinski definition) is 3. The zero-order valence-corrected chi connectivity index (χ0v) is 12.9. The topological polar surface area (TPSA) is 22.1 Å². The third-order valence-corrected chi connectivity index (χ3v) is 4.32. The van der Waals surface area contributed by atoms with Crippen molar-refractivity contribution < 1.29 is 13.5 Å². The highest BCUT2D eigenvalue weighted by Gasteiger charge is 2.17. The van der Waals surface area contributed by atoms with Crippen LogP contribution in [0.25, 0.3) is 21.8 Å². The van der Waals surface area contributed by atoms with Gasteiger partial charge in [0.25, 0.3) is 0 Å². The van der Waals surface area contributed by atoms with Crippen LogP contribution >= 0.6 is 11.3 Å². The number of thiazole rings is 1. The van der Waals surface area contributed by atoms with Crippen molar-refractivity contribution in [3.05, 3.63) is 59.0 Å². The van der Waals surface area contributed by atoms with E-state index in [4.69, 9.17) is 4.74 Å². The predicted molar refractivity (Wildman–Crippen MR) is 84.2 cm³/mol. The van der Waals surface area contributed by atoms with E-state index < -0.39 is 11.6 Å². The van der Waals surface area contributed by atoms with Gasteiger partial charge in [-0.2, -0.15) is 0 Å². The first-order chi connectivity index (χ1) is 10.6. The van der Waals surface area contributed by atoms with E-state index in [1.54, 1.807) is 7.11 Å². The lowest BCUT2D eigenvalue weighted by molar-refractivity contribution is 0.416. The second-order valence-electron chi connectivity index (χ2n) is 4.75. The lowest BCUT2D eigenvalue weighted by Gasteiger charge is -2.04. The van der Waals surface area contributed by atoms with Crippen LogP contribution in [0.2, 0.25) is 0 Å². The molecule has 112 valence electrons. The summed E-state index contributed by atoms with van der Waals surface area (Å²) < 4.78 is 32.4. The van der Waals surface area contributed by atoms with Crippen LogP contribution in [0.1, 0.15) is 4.88 Å². The summed E-state index contributed by atoms with van der Waals surface area (Å²) in [4.78, 5) is 5.39. The summed E-state index contributed by atoms with van der Waals surface area (Å²) in [5.74, 6) is -0.499. The maximum Gasteiger partial charge on any atom is 0.135 e. The Kier molecular flexibility index (Phi) is 3.90. The average Bonchev–Trinajstić information content (AvgIpc) is 2.89. The van der Waals surface area contributed by atoms with Gasteiger partial charge in [0, 0.05) is 16.5 Å². The van der Waals surface area contributed by atoms with Gasteiger partial charge in [-0.05, 0) is 31.2 Å². The molecular formula is C17H13F2NOS. The van der Waals surface area contributed by atoms with Crippen molar-refractivity contribution in [3.63, 3.8) is 0 Å². The van der Waals surface area contributed by atoms with E-state index in [0.29, 0.717) is 17.0 Å². The highest BCUT2D eigenvalue weighted by molar-refractivity contribution is 7.15. The Morgan fingerprint density at radius 1 is 1.05 bits per heavy atom. The van der Waals surface area contributed by atoms with E-state index >= 15 is 0 Å². The van der Waals surface area contributed by atoms with E-state index in [1.807, 2.05) is 31.2 Å². The molecule has 0 aliphatic heterocycles. The first-order valence-electron chi connectivity index (χ1n) is 6.66. The number of halogens is 2. The number of ether oxygens (including phenoxy) is 1. The van der Waals surface area contributed by atoms with Gasteiger partial charge in [-0.25, -0.2) is 13.8 Å². The van der Waals surface area contributed by atoms with Crippen molar-refractivity contribution in [2.24, 2.45) is 0 Å². The van der Waals surface area contributed by atoms with Gasteiger partial charge < -0.3 is 4.74 Å². The summed E-state index contributed by atoms with van der Waals surface area (Å²) in [7, 11) is 1.60. The maximum atomic E-state index is 14.0. The number of aromatic nitrogens is 1. The number of benzene rings is 2. The minimum Gasteiger partial charge on any atom is -0.496 e. The van der Waals surface area contributed by atoms with E-state index in [2.05, 4.69) is 4.98 Å². The summed E-state index contributed by atoms with van der Waals surface area (Å²) >= 11 is 1.45. The summed E-state index contributed by atoms with van der Waals surface area (Å²) in [6.45, 7) is 1.87. The molecule has 0 bridgehead atoms. The molecule has 0 saturated carbocycles. The summed E-state index contributed by atoms with van der Waals surface area (Å²) in [6, 6.07) is 11.1.